The predicted octanol–water partition coefficient (Wildman–Crippen LogP) is 2.73. The second-order valence-electron chi connectivity index (χ2n) is 6.38. The van der Waals surface area contributed by atoms with Gasteiger partial charge in [-0.2, -0.15) is 0 Å². The molecule has 1 heterocycles. The molecule has 0 aliphatic carbocycles. The van der Waals surface area contributed by atoms with Crippen LogP contribution in [0.1, 0.15) is 32.3 Å². The van der Waals surface area contributed by atoms with Crippen molar-refractivity contribution >= 4 is 5.91 Å². The van der Waals surface area contributed by atoms with Gasteiger partial charge in [0.05, 0.1) is 7.11 Å². The molecule has 0 radical (unpaired) electrons. The van der Waals surface area contributed by atoms with Crippen molar-refractivity contribution in [3.05, 3.63) is 64.6 Å². The van der Waals surface area contributed by atoms with Crippen LogP contribution in [-0.2, 0) is 16.8 Å². The summed E-state index contributed by atoms with van der Waals surface area (Å²) < 4.78 is 6.88. The molecular formula is C20H26N2O3. The minimum Gasteiger partial charge on any atom is -0.496 e. The van der Waals surface area contributed by atoms with Crippen LogP contribution < -0.4 is 15.6 Å². The average Bonchev–Trinajstić information content (AvgIpc) is 2.63. The van der Waals surface area contributed by atoms with Crippen molar-refractivity contribution in [2.24, 2.45) is 0 Å². The molecular weight excluding hydrogens is 316 g/mol. The number of rotatable bonds is 8. The Morgan fingerprint density at radius 1 is 1.20 bits per heavy atom. The van der Waals surface area contributed by atoms with E-state index in [1.807, 2.05) is 18.2 Å². The number of pyridine rings is 1. The minimum absolute atomic E-state index is 0.0389. The fourth-order valence-corrected chi connectivity index (χ4v) is 2.92. The maximum Gasteiger partial charge on any atom is 0.250 e. The molecule has 0 saturated heterocycles. The molecule has 0 bridgehead atoms. The first kappa shape index (κ1) is 18.8. The lowest BCUT2D eigenvalue weighted by Crippen LogP contribution is -2.35. The summed E-state index contributed by atoms with van der Waals surface area (Å²) in [6.07, 6.45) is 3.34. The fraction of sp³-hybridized carbons (Fsp3) is 0.400. The summed E-state index contributed by atoms with van der Waals surface area (Å²) in [5.74, 6) is 0.709. The summed E-state index contributed by atoms with van der Waals surface area (Å²) in [6.45, 7) is 4.90. The van der Waals surface area contributed by atoms with Gasteiger partial charge in [0.15, 0.2) is 0 Å². The molecule has 5 nitrogen and oxygen atoms in total. The van der Waals surface area contributed by atoms with Crippen LogP contribution in [0.15, 0.2) is 53.5 Å². The van der Waals surface area contributed by atoms with E-state index < -0.39 is 0 Å². The number of amides is 1. The average molecular weight is 342 g/mol. The Bertz CT molecular complexity index is 769. The zero-order chi connectivity index (χ0) is 18.3. The number of carbonyl (C=O) groups excluding carboxylic acids is 1. The second kappa shape index (κ2) is 8.51. The van der Waals surface area contributed by atoms with E-state index in [1.54, 1.807) is 25.4 Å². The van der Waals surface area contributed by atoms with Crippen molar-refractivity contribution in [3.63, 3.8) is 0 Å². The van der Waals surface area contributed by atoms with Crippen LogP contribution in [0.4, 0.5) is 0 Å². The molecule has 25 heavy (non-hydrogen) atoms. The lowest BCUT2D eigenvalue weighted by Gasteiger charge is -2.30. The summed E-state index contributed by atoms with van der Waals surface area (Å²) in [6, 6.07) is 12.9. The van der Waals surface area contributed by atoms with E-state index >= 15 is 0 Å². The summed E-state index contributed by atoms with van der Waals surface area (Å²) in [7, 11) is 1.67. The van der Waals surface area contributed by atoms with Gasteiger partial charge < -0.3 is 14.6 Å². The van der Waals surface area contributed by atoms with E-state index in [1.165, 1.54) is 10.6 Å². The number of hydrogen-bond donors (Lipinski definition) is 1. The molecule has 0 spiro atoms. The Morgan fingerprint density at radius 3 is 2.60 bits per heavy atom. The van der Waals surface area contributed by atoms with Crippen molar-refractivity contribution in [1.29, 1.82) is 0 Å². The molecule has 2 rings (SSSR count). The zero-order valence-corrected chi connectivity index (χ0v) is 15.1. The highest BCUT2D eigenvalue weighted by Gasteiger charge is 2.27. The molecule has 1 aromatic carbocycles. The molecule has 0 fully saturated rings. The van der Waals surface area contributed by atoms with Gasteiger partial charge in [0.2, 0.25) is 5.91 Å². The van der Waals surface area contributed by atoms with Crippen molar-refractivity contribution in [1.82, 2.24) is 9.88 Å². The van der Waals surface area contributed by atoms with E-state index in [2.05, 4.69) is 25.2 Å². The predicted molar refractivity (Wildman–Crippen MR) is 99.0 cm³/mol. The highest BCUT2D eigenvalue weighted by molar-refractivity contribution is 5.75. The van der Waals surface area contributed by atoms with Crippen LogP contribution >= 0.6 is 0 Å². The normalized spacial score (nSPS) is 13.1. The van der Waals surface area contributed by atoms with Crippen LogP contribution in [0.5, 0.6) is 5.75 Å². The van der Waals surface area contributed by atoms with Gasteiger partial charge in [-0.25, -0.2) is 0 Å². The first-order valence-electron chi connectivity index (χ1n) is 8.56. The molecule has 1 atom stereocenters. The van der Waals surface area contributed by atoms with E-state index in [4.69, 9.17) is 4.74 Å². The van der Waals surface area contributed by atoms with E-state index in [0.717, 1.165) is 24.2 Å². The minimum atomic E-state index is -0.176. The number of hydrogen-bond acceptors (Lipinski definition) is 3. The molecule has 2 aromatic rings. The Balaban J connectivity index is 1.97. The number of para-hydroxylation sites is 1. The third-order valence-electron chi connectivity index (χ3n) is 4.75. The Labute approximate surface area is 148 Å². The van der Waals surface area contributed by atoms with E-state index in [9.17, 15) is 9.59 Å². The molecule has 1 amide bonds. The van der Waals surface area contributed by atoms with Crippen LogP contribution in [0.25, 0.3) is 0 Å². The van der Waals surface area contributed by atoms with Gasteiger partial charge in [-0.1, -0.05) is 38.1 Å². The fourth-order valence-electron chi connectivity index (χ4n) is 2.92. The second-order valence-corrected chi connectivity index (χ2v) is 6.38. The van der Waals surface area contributed by atoms with Crippen molar-refractivity contribution in [3.8, 4) is 5.75 Å². The van der Waals surface area contributed by atoms with Gasteiger partial charge >= 0.3 is 0 Å². The highest BCUT2D eigenvalue weighted by Crippen LogP contribution is 2.36. The van der Waals surface area contributed by atoms with Crippen molar-refractivity contribution in [2.45, 2.75) is 38.6 Å². The summed E-state index contributed by atoms with van der Waals surface area (Å²) in [5, 5.41) is 2.92. The standard InChI is InChI=1S/C20H26N2O3/c1-4-20(2,16-9-5-6-10-17(16)25-3)12-13-21-18(23)15-22-14-8-7-11-19(22)24/h5-11,14H,4,12-13,15H2,1-3H3,(H,21,23). The van der Waals surface area contributed by atoms with Gasteiger partial charge in [0.1, 0.15) is 12.3 Å². The Kier molecular flexibility index (Phi) is 6.39. The molecule has 0 saturated carbocycles. The van der Waals surface area contributed by atoms with Gasteiger partial charge in [0.25, 0.3) is 5.56 Å². The zero-order valence-electron chi connectivity index (χ0n) is 15.1. The third-order valence-corrected chi connectivity index (χ3v) is 4.75. The molecule has 0 aliphatic rings. The quantitative estimate of drug-likeness (QED) is 0.802. The number of aromatic nitrogens is 1. The number of methoxy groups -OCH3 is 1. The molecule has 0 aliphatic heterocycles. The first-order chi connectivity index (χ1) is 12.0. The van der Waals surface area contributed by atoms with Crippen LogP contribution in [0.3, 0.4) is 0 Å². The van der Waals surface area contributed by atoms with Gasteiger partial charge in [0, 0.05) is 24.4 Å². The lowest BCUT2D eigenvalue weighted by molar-refractivity contribution is -0.121. The van der Waals surface area contributed by atoms with Crippen molar-refractivity contribution < 1.29 is 9.53 Å². The smallest absolute Gasteiger partial charge is 0.250 e. The monoisotopic (exact) mass is 342 g/mol. The first-order valence-corrected chi connectivity index (χ1v) is 8.56. The maximum atomic E-state index is 12.1. The maximum absolute atomic E-state index is 12.1. The van der Waals surface area contributed by atoms with Gasteiger partial charge in [-0.15, -0.1) is 0 Å². The largest absolute Gasteiger partial charge is 0.496 e. The van der Waals surface area contributed by atoms with Gasteiger partial charge in [-0.3, -0.25) is 9.59 Å². The molecule has 1 aromatic heterocycles. The molecule has 134 valence electrons. The molecule has 1 unspecified atom stereocenters. The summed E-state index contributed by atoms with van der Waals surface area (Å²) >= 11 is 0. The third kappa shape index (κ3) is 4.72. The van der Waals surface area contributed by atoms with Crippen molar-refractivity contribution in [2.75, 3.05) is 13.7 Å². The number of carbonyl (C=O) groups is 1. The van der Waals surface area contributed by atoms with Crippen LogP contribution in [-0.4, -0.2) is 24.1 Å². The summed E-state index contributed by atoms with van der Waals surface area (Å²) in [4.78, 5) is 23.8. The number of benzene rings is 1. The summed E-state index contributed by atoms with van der Waals surface area (Å²) in [5.41, 5.74) is 0.877. The topological polar surface area (TPSA) is 60.3 Å². The molecule has 5 heteroatoms. The van der Waals surface area contributed by atoms with E-state index in [-0.39, 0.29) is 23.4 Å². The molecule has 1 N–H and O–H groups in total. The highest BCUT2D eigenvalue weighted by atomic mass is 16.5. The number of nitrogens with one attached hydrogen (secondary N) is 1. The van der Waals surface area contributed by atoms with Crippen LogP contribution in [0.2, 0.25) is 0 Å². The Morgan fingerprint density at radius 2 is 1.92 bits per heavy atom. The SMILES string of the molecule is CCC(C)(CCNC(=O)Cn1ccccc1=O)c1ccccc1OC. The number of nitrogens with zero attached hydrogens (tertiary/aromatic N) is 1. The van der Waals surface area contributed by atoms with Gasteiger partial charge in [-0.05, 0) is 30.4 Å². The lowest BCUT2D eigenvalue weighted by atomic mass is 9.77. The van der Waals surface area contributed by atoms with E-state index in [0.29, 0.717) is 6.54 Å². The number of ether oxygens (including phenoxy) is 1. The Hall–Kier alpha value is -2.56. The van der Waals surface area contributed by atoms with Crippen LogP contribution in [0, 0.1) is 0 Å².